The predicted molar refractivity (Wildman–Crippen MR) is 127 cm³/mol. The molecule has 170 valence electrons. The van der Waals surface area contributed by atoms with Gasteiger partial charge in [0.1, 0.15) is 10.7 Å². The molecule has 4 rings (SSSR count). The Balaban J connectivity index is 1.47. The fourth-order valence-corrected chi connectivity index (χ4v) is 5.96. The summed E-state index contributed by atoms with van der Waals surface area (Å²) in [6, 6.07) is 15.4. The zero-order valence-corrected chi connectivity index (χ0v) is 19.7. The number of thiazole rings is 1. The number of rotatable bonds is 8. The third-order valence-corrected chi connectivity index (χ3v) is 8.01. The Morgan fingerprint density at radius 3 is 2.72 bits per heavy atom. The molecule has 3 aromatic rings. The summed E-state index contributed by atoms with van der Waals surface area (Å²) in [6.07, 6.45) is 1.99. The lowest BCUT2D eigenvalue weighted by atomic mass is 10.0. The van der Waals surface area contributed by atoms with E-state index in [1.54, 1.807) is 11.4 Å². The van der Waals surface area contributed by atoms with Crippen LogP contribution in [0.15, 0.2) is 64.3 Å². The van der Waals surface area contributed by atoms with E-state index < -0.39 is 15.8 Å². The zero-order valence-electron chi connectivity index (χ0n) is 18.1. The van der Waals surface area contributed by atoms with Gasteiger partial charge in [0.25, 0.3) is 10.0 Å². The number of benzene rings is 2. The molecule has 1 N–H and O–H groups in total. The Morgan fingerprint density at radius 1 is 1.28 bits per heavy atom. The van der Waals surface area contributed by atoms with Gasteiger partial charge in [-0.25, -0.2) is 17.8 Å². The molecule has 32 heavy (non-hydrogen) atoms. The van der Waals surface area contributed by atoms with E-state index in [0.29, 0.717) is 11.7 Å². The Morgan fingerprint density at radius 2 is 2.06 bits per heavy atom. The molecular formula is C23H27FN4O2S2. The van der Waals surface area contributed by atoms with E-state index in [2.05, 4.69) is 45.8 Å². The van der Waals surface area contributed by atoms with Crippen molar-refractivity contribution in [1.82, 2.24) is 9.88 Å². The van der Waals surface area contributed by atoms with Crippen molar-refractivity contribution in [3.63, 3.8) is 0 Å². The van der Waals surface area contributed by atoms with Crippen molar-refractivity contribution in [3.8, 4) is 0 Å². The van der Waals surface area contributed by atoms with Gasteiger partial charge in [-0.1, -0.05) is 37.3 Å². The Bertz CT molecular complexity index is 1140. The molecule has 2 heterocycles. The molecule has 0 bridgehead atoms. The number of nitrogens with zero attached hydrogens (tertiary/aromatic N) is 3. The summed E-state index contributed by atoms with van der Waals surface area (Å²) in [4.78, 5) is 8.04. The quantitative estimate of drug-likeness (QED) is 0.511. The van der Waals surface area contributed by atoms with Crippen molar-refractivity contribution in [1.29, 1.82) is 0 Å². The van der Waals surface area contributed by atoms with Crippen LogP contribution in [0.5, 0.6) is 0 Å². The number of hydrogen-bond acceptors (Lipinski definition) is 6. The second-order valence-electron chi connectivity index (χ2n) is 7.98. The van der Waals surface area contributed by atoms with Crippen molar-refractivity contribution < 1.29 is 12.8 Å². The number of likely N-dealkylation sites (tertiary alicyclic amines) is 1. The summed E-state index contributed by atoms with van der Waals surface area (Å²) in [6.45, 7) is 4.04. The van der Waals surface area contributed by atoms with Crippen molar-refractivity contribution in [3.05, 3.63) is 70.8 Å². The summed E-state index contributed by atoms with van der Waals surface area (Å²) in [5.74, 6) is -0.590. The molecule has 1 aliphatic heterocycles. The van der Waals surface area contributed by atoms with E-state index in [4.69, 9.17) is 0 Å². The van der Waals surface area contributed by atoms with Crippen LogP contribution in [-0.4, -0.2) is 44.5 Å². The normalized spacial score (nSPS) is 17.9. The van der Waals surface area contributed by atoms with Crippen LogP contribution < -0.4 is 9.62 Å². The van der Waals surface area contributed by atoms with E-state index in [1.807, 2.05) is 18.0 Å². The topological polar surface area (TPSA) is 65.5 Å². The molecule has 0 aliphatic carbocycles. The second-order valence-corrected chi connectivity index (χ2v) is 10.3. The second kappa shape index (κ2) is 9.56. The van der Waals surface area contributed by atoms with E-state index in [1.165, 1.54) is 34.5 Å². The van der Waals surface area contributed by atoms with Gasteiger partial charge in [0.2, 0.25) is 0 Å². The molecule has 0 saturated carbocycles. The van der Waals surface area contributed by atoms with Gasteiger partial charge in [-0.05, 0) is 36.6 Å². The van der Waals surface area contributed by atoms with Gasteiger partial charge in [-0.3, -0.25) is 9.62 Å². The molecule has 0 radical (unpaired) electrons. The first-order valence-corrected chi connectivity index (χ1v) is 13.0. The van der Waals surface area contributed by atoms with E-state index >= 15 is 0 Å². The fraction of sp³-hybridized carbons (Fsp3) is 0.348. The first kappa shape index (κ1) is 22.7. The summed E-state index contributed by atoms with van der Waals surface area (Å²) in [5.41, 5.74) is 3.49. The highest BCUT2D eigenvalue weighted by molar-refractivity contribution is 7.92. The van der Waals surface area contributed by atoms with Gasteiger partial charge in [-0.15, -0.1) is 11.3 Å². The van der Waals surface area contributed by atoms with Crippen molar-refractivity contribution >= 4 is 32.9 Å². The number of halogens is 1. The number of sulfonamides is 1. The molecule has 2 aromatic carbocycles. The lowest BCUT2D eigenvalue weighted by Gasteiger charge is -2.30. The Hall–Kier alpha value is -2.49. The van der Waals surface area contributed by atoms with Gasteiger partial charge in [0.15, 0.2) is 5.82 Å². The lowest BCUT2D eigenvalue weighted by Crippen LogP contribution is -2.35. The molecule has 9 heteroatoms. The van der Waals surface area contributed by atoms with Crippen LogP contribution in [-0.2, 0) is 10.0 Å². The molecule has 2 atom stereocenters. The summed E-state index contributed by atoms with van der Waals surface area (Å²) in [7, 11) is -2.10. The van der Waals surface area contributed by atoms with Crippen LogP contribution in [0.1, 0.15) is 31.4 Å². The number of nitrogens with one attached hydrogen (secondary N) is 1. The van der Waals surface area contributed by atoms with Gasteiger partial charge < -0.3 is 4.90 Å². The minimum absolute atomic E-state index is 0.186. The van der Waals surface area contributed by atoms with Gasteiger partial charge in [0.05, 0.1) is 5.51 Å². The van der Waals surface area contributed by atoms with Crippen molar-refractivity contribution in [2.75, 3.05) is 29.8 Å². The third kappa shape index (κ3) is 4.79. The number of aromatic nitrogens is 1. The highest BCUT2D eigenvalue weighted by Crippen LogP contribution is 2.31. The Labute approximate surface area is 192 Å². The van der Waals surface area contributed by atoms with Gasteiger partial charge in [-0.2, -0.15) is 0 Å². The average molecular weight is 475 g/mol. The molecular weight excluding hydrogens is 447 g/mol. The number of likely N-dealkylation sites (N-methyl/N-ethyl adjacent to an activating group) is 1. The Kier molecular flexibility index (Phi) is 6.78. The number of hydrogen-bond donors (Lipinski definition) is 1. The highest BCUT2D eigenvalue weighted by atomic mass is 32.2. The SMILES string of the molecule is CC[C@@H](c1ccccc1)N1CC[C@H](N(C)c2ccc(S(=O)(=O)Nc3cscn3)c(F)c2)C1. The smallest absolute Gasteiger partial charge is 0.265 e. The first-order chi connectivity index (χ1) is 15.4. The van der Waals surface area contributed by atoms with Crippen LogP contribution >= 0.6 is 11.3 Å². The van der Waals surface area contributed by atoms with Crippen LogP contribution in [0.4, 0.5) is 15.9 Å². The fourth-order valence-electron chi connectivity index (χ4n) is 4.34. The monoisotopic (exact) mass is 474 g/mol. The summed E-state index contributed by atoms with van der Waals surface area (Å²) < 4.78 is 42.2. The molecule has 1 saturated heterocycles. The standard InChI is InChI=1S/C23H27FN4O2S2/c1-3-21(17-7-5-4-6-8-17)28-12-11-19(14-28)27(2)18-9-10-22(20(24)13-18)32(29,30)26-23-15-31-16-25-23/h4-10,13,15-16,19,21,26H,3,11-12,14H2,1-2H3/t19-,21-/m0/s1. The van der Waals surface area contributed by atoms with E-state index in [0.717, 1.165) is 25.9 Å². The molecule has 0 unspecified atom stereocenters. The van der Waals surface area contributed by atoms with E-state index in [9.17, 15) is 12.8 Å². The van der Waals surface area contributed by atoms with Crippen molar-refractivity contribution in [2.45, 2.75) is 36.7 Å². The number of anilines is 2. The summed E-state index contributed by atoms with van der Waals surface area (Å²) >= 11 is 1.26. The molecule has 1 aliphatic rings. The van der Waals surface area contributed by atoms with E-state index in [-0.39, 0.29) is 16.8 Å². The average Bonchev–Trinajstić information content (AvgIpc) is 3.46. The predicted octanol–water partition coefficient (Wildman–Crippen LogP) is 4.74. The van der Waals surface area contributed by atoms with Gasteiger partial charge in [0, 0.05) is 43.3 Å². The molecule has 1 aromatic heterocycles. The molecule has 0 amide bonds. The van der Waals surface area contributed by atoms with Crippen LogP contribution in [0, 0.1) is 5.82 Å². The maximum atomic E-state index is 14.8. The minimum atomic E-state index is -4.04. The van der Waals surface area contributed by atoms with Crippen LogP contribution in [0.25, 0.3) is 0 Å². The zero-order chi connectivity index (χ0) is 22.7. The summed E-state index contributed by atoms with van der Waals surface area (Å²) in [5, 5.41) is 1.56. The highest BCUT2D eigenvalue weighted by Gasteiger charge is 2.31. The van der Waals surface area contributed by atoms with Gasteiger partial charge >= 0.3 is 0 Å². The van der Waals surface area contributed by atoms with Crippen LogP contribution in [0.2, 0.25) is 0 Å². The van der Waals surface area contributed by atoms with Crippen molar-refractivity contribution in [2.24, 2.45) is 0 Å². The maximum Gasteiger partial charge on any atom is 0.265 e. The largest absolute Gasteiger partial charge is 0.370 e. The first-order valence-electron chi connectivity index (χ1n) is 10.6. The molecule has 6 nitrogen and oxygen atoms in total. The maximum absolute atomic E-state index is 14.8. The lowest BCUT2D eigenvalue weighted by molar-refractivity contribution is 0.236. The molecule has 1 fully saturated rings. The molecule has 0 spiro atoms. The van der Waals surface area contributed by atoms with Crippen LogP contribution in [0.3, 0.4) is 0 Å². The minimum Gasteiger partial charge on any atom is -0.370 e. The third-order valence-electron chi connectivity index (χ3n) is 6.04.